The number of esters is 1. The van der Waals surface area contributed by atoms with Crippen LogP contribution in [0.25, 0.3) is 11.1 Å². The molecule has 0 aliphatic carbocycles. The van der Waals surface area contributed by atoms with Gasteiger partial charge in [0.2, 0.25) is 0 Å². The minimum atomic E-state index is -0.626. The molecule has 24 heavy (non-hydrogen) atoms. The first-order valence-electron chi connectivity index (χ1n) is 7.69. The number of ether oxygens (including phenoxy) is 1. The summed E-state index contributed by atoms with van der Waals surface area (Å²) in [5.74, 6) is -0.972. The van der Waals surface area contributed by atoms with Gasteiger partial charge in [-0.25, -0.2) is 4.79 Å². The first-order valence-corrected chi connectivity index (χ1v) is 7.69. The number of aromatic nitrogens is 1. The Morgan fingerprint density at radius 1 is 1.21 bits per heavy atom. The number of hydrogen-bond donors (Lipinski definition) is 1. The van der Waals surface area contributed by atoms with Gasteiger partial charge in [-0.05, 0) is 56.2 Å². The Hall–Kier alpha value is -2.95. The fourth-order valence-corrected chi connectivity index (χ4v) is 2.18. The third kappa shape index (κ3) is 4.52. The molecule has 1 aromatic carbocycles. The number of nitrogens with zero attached hydrogens (tertiary/aromatic N) is 1. The second-order valence-corrected chi connectivity index (χ2v) is 5.25. The standard InChI is InChI=1S/C19H20N2O3/c1-4-24-19(23)18(14(3)22)12-21-17-7-5-6-15(11-17)16-8-9-20-13(2)10-16/h5-12,21H,4H2,1-3H3. The van der Waals surface area contributed by atoms with E-state index in [1.807, 2.05) is 43.3 Å². The summed E-state index contributed by atoms with van der Waals surface area (Å²) in [5.41, 5.74) is 3.76. The first kappa shape index (κ1) is 17.4. The van der Waals surface area contributed by atoms with Crippen molar-refractivity contribution in [3.63, 3.8) is 0 Å². The van der Waals surface area contributed by atoms with Crippen LogP contribution in [0.15, 0.2) is 54.4 Å². The van der Waals surface area contributed by atoms with E-state index in [9.17, 15) is 9.59 Å². The number of pyridine rings is 1. The van der Waals surface area contributed by atoms with Crippen molar-refractivity contribution in [2.24, 2.45) is 0 Å². The molecule has 0 fully saturated rings. The summed E-state index contributed by atoms with van der Waals surface area (Å²) in [6.45, 7) is 5.19. The van der Waals surface area contributed by atoms with Gasteiger partial charge in [0.1, 0.15) is 5.57 Å². The smallest absolute Gasteiger partial charge is 0.343 e. The van der Waals surface area contributed by atoms with E-state index >= 15 is 0 Å². The van der Waals surface area contributed by atoms with Gasteiger partial charge in [-0.3, -0.25) is 9.78 Å². The van der Waals surface area contributed by atoms with Crippen LogP contribution in [0.4, 0.5) is 5.69 Å². The summed E-state index contributed by atoms with van der Waals surface area (Å²) in [4.78, 5) is 27.6. The Kier molecular flexibility index (Phi) is 5.84. The number of benzene rings is 1. The molecule has 2 rings (SSSR count). The van der Waals surface area contributed by atoms with Crippen LogP contribution in [-0.2, 0) is 14.3 Å². The van der Waals surface area contributed by atoms with Gasteiger partial charge >= 0.3 is 5.97 Å². The van der Waals surface area contributed by atoms with Crippen molar-refractivity contribution in [1.29, 1.82) is 0 Å². The van der Waals surface area contributed by atoms with Crippen LogP contribution >= 0.6 is 0 Å². The molecule has 2 aromatic rings. The highest BCUT2D eigenvalue weighted by atomic mass is 16.5. The van der Waals surface area contributed by atoms with Crippen molar-refractivity contribution in [1.82, 2.24) is 4.98 Å². The van der Waals surface area contributed by atoms with Gasteiger partial charge in [0.15, 0.2) is 5.78 Å². The number of hydrogen-bond acceptors (Lipinski definition) is 5. The van der Waals surface area contributed by atoms with Crippen LogP contribution in [0.3, 0.4) is 0 Å². The van der Waals surface area contributed by atoms with E-state index in [0.29, 0.717) is 0 Å². The fourth-order valence-electron chi connectivity index (χ4n) is 2.18. The monoisotopic (exact) mass is 324 g/mol. The molecule has 0 aliphatic rings. The summed E-state index contributed by atoms with van der Waals surface area (Å²) in [7, 11) is 0. The Balaban J connectivity index is 2.24. The van der Waals surface area contributed by atoms with E-state index < -0.39 is 5.97 Å². The highest BCUT2D eigenvalue weighted by Crippen LogP contribution is 2.23. The van der Waals surface area contributed by atoms with Crippen molar-refractivity contribution in [2.75, 3.05) is 11.9 Å². The Morgan fingerprint density at radius 2 is 1.96 bits per heavy atom. The molecule has 1 N–H and O–H groups in total. The maximum atomic E-state index is 11.8. The van der Waals surface area contributed by atoms with Gasteiger partial charge in [-0.15, -0.1) is 0 Å². The van der Waals surface area contributed by atoms with Crippen LogP contribution in [0, 0.1) is 6.92 Å². The molecule has 0 atom stereocenters. The number of carbonyl (C=O) groups excluding carboxylic acids is 2. The molecule has 1 aromatic heterocycles. The predicted molar refractivity (Wildman–Crippen MR) is 93.4 cm³/mol. The molecule has 0 radical (unpaired) electrons. The van der Waals surface area contributed by atoms with Gasteiger partial charge in [0.05, 0.1) is 6.61 Å². The molecule has 0 amide bonds. The van der Waals surface area contributed by atoms with Crippen molar-refractivity contribution in [3.8, 4) is 11.1 Å². The van der Waals surface area contributed by atoms with E-state index in [1.54, 1.807) is 13.1 Å². The average Bonchev–Trinajstić information content (AvgIpc) is 2.55. The van der Waals surface area contributed by atoms with Crippen LogP contribution in [-0.4, -0.2) is 23.3 Å². The average molecular weight is 324 g/mol. The molecule has 5 nitrogen and oxygen atoms in total. The van der Waals surface area contributed by atoms with Crippen molar-refractivity contribution in [3.05, 3.63) is 60.1 Å². The lowest BCUT2D eigenvalue weighted by Crippen LogP contribution is -2.15. The summed E-state index contributed by atoms with van der Waals surface area (Å²) >= 11 is 0. The molecule has 0 saturated heterocycles. The van der Waals surface area contributed by atoms with E-state index in [-0.39, 0.29) is 18.0 Å². The van der Waals surface area contributed by atoms with E-state index in [1.165, 1.54) is 13.1 Å². The molecule has 1 heterocycles. The lowest BCUT2D eigenvalue weighted by Gasteiger charge is -2.08. The minimum absolute atomic E-state index is 0.0120. The second kappa shape index (κ2) is 8.06. The summed E-state index contributed by atoms with van der Waals surface area (Å²) in [6, 6.07) is 11.6. The maximum absolute atomic E-state index is 11.8. The zero-order chi connectivity index (χ0) is 17.5. The van der Waals surface area contributed by atoms with Crippen LogP contribution in [0.1, 0.15) is 19.5 Å². The Bertz CT molecular complexity index is 782. The quantitative estimate of drug-likeness (QED) is 0.381. The van der Waals surface area contributed by atoms with Crippen LogP contribution in [0.5, 0.6) is 0 Å². The number of aryl methyl sites for hydroxylation is 1. The summed E-state index contributed by atoms with van der Waals surface area (Å²) in [6.07, 6.45) is 3.15. The predicted octanol–water partition coefficient (Wildman–Crippen LogP) is 3.50. The molecule has 0 unspecified atom stereocenters. The zero-order valence-corrected chi connectivity index (χ0v) is 14.0. The lowest BCUT2D eigenvalue weighted by atomic mass is 10.1. The number of nitrogens with one attached hydrogen (secondary N) is 1. The molecule has 124 valence electrons. The zero-order valence-electron chi connectivity index (χ0n) is 14.0. The fraction of sp³-hybridized carbons (Fsp3) is 0.211. The van der Waals surface area contributed by atoms with Gasteiger partial charge < -0.3 is 10.1 Å². The number of carbonyl (C=O) groups is 2. The molecule has 5 heteroatoms. The third-order valence-electron chi connectivity index (χ3n) is 3.35. The van der Waals surface area contributed by atoms with Gasteiger partial charge in [0.25, 0.3) is 0 Å². The Labute approximate surface area is 141 Å². The molecule has 0 bridgehead atoms. The van der Waals surface area contributed by atoms with E-state index in [4.69, 9.17) is 4.74 Å². The SMILES string of the molecule is CCOC(=O)C(=CNc1cccc(-c2ccnc(C)c2)c1)C(C)=O. The number of anilines is 1. The van der Waals surface area contributed by atoms with Crippen molar-refractivity contribution < 1.29 is 14.3 Å². The van der Waals surface area contributed by atoms with E-state index in [0.717, 1.165) is 22.5 Å². The second-order valence-electron chi connectivity index (χ2n) is 5.25. The molecule has 0 saturated carbocycles. The molecular formula is C19H20N2O3. The topological polar surface area (TPSA) is 68.3 Å². The van der Waals surface area contributed by atoms with Crippen LogP contribution < -0.4 is 5.32 Å². The summed E-state index contributed by atoms with van der Waals surface area (Å²) in [5, 5.41) is 2.99. The number of ketones is 1. The normalized spacial score (nSPS) is 11.0. The number of Topliss-reactive ketones (excluding diaryl/α,β-unsaturated/α-hetero) is 1. The van der Waals surface area contributed by atoms with Crippen molar-refractivity contribution >= 4 is 17.4 Å². The number of rotatable bonds is 6. The molecular weight excluding hydrogens is 304 g/mol. The van der Waals surface area contributed by atoms with Crippen LogP contribution in [0.2, 0.25) is 0 Å². The maximum Gasteiger partial charge on any atom is 0.343 e. The molecule has 0 aliphatic heterocycles. The van der Waals surface area contributed by atoms with E-state index in [2.05, 4.69) is 10.3 Å². The minimum Gasteiger partial charge on any atom is -0.462 e. The lowest BCUT2D eigenvalue weighted by molar-refractivity contribution is -0.139. The third-order valence-corrected chi connectivity index (χ3v) is 3.35. The highest BCUT2D eigenvalue weighted by molar-refractivity contribution is 6.16. The first-order chi connectivity index (χ1) is 11.5. The van der Waals surface area contributed by atoms with Gasteiger partial charge in [0, 0.05) is 23.8 Å². The largest absolute Gasteiger partial charge is 0.462 e. The molecule has 0 spiro atoms. The highest BCUT2D eigenvalue weighted by Gasteiger charge is 2.15. The van der Waals surface area contributed by atoms with Crippen molar-refractivity contribution in [2.45, 2.75) is 20.8 Å². The van der Waals surface area contributed by atoms with Gasteiger partial charge in [-0.1, -0.05) is 12.1 Å². The summed E-state index contributed by atoms with van der Waals surface area (Å²) < 4.78 is 4.88. The van der Waals surface area contributed by atoms with Gasteiger partial charge in [-0.2, -0.15) is 0 Å². The Morgan fingerprint density at radius 3 is 2.62 bits per heavy atom.